The molecule has 0 aromatic heterocycles. The molecule has 22 heavy (non-hydrogen) atoms. The molecule has 0 aromatic carbocycles. The van der Waals surface area contributed by atoms with E-state index in [1.807, 2.05) is 6.92 Å². The van der Waals surface area contributed by atoms with Crippen molar-refractivity contribution < 1.29 is 9.50 Å². The van der Waals surface area contributed by atoms with Crippen molar-refractivity contribution >= 4 is 0 Å². The molecule has 0 saturated heterocycles. The van der Waals surface area contributed by atoms with Crippen LogP contribution in [-0.2, 0) is 0 Å². The van der Waals surface area contributed by atoms with Crippen molar-refractivity contribution in [3.63, 3.8) is 0 Å². The molecule has 0 heterocycles. The number of rotatable bonds is 2. The van der Waals surface area contributed by atoms with E-state index in [2.05, 4.69) is 6.92 Å². The number of aliphatic hydroxyl groups excluding tert-OH is 1. The molecule has 0 bridgehead atoms. The Morgan fingerprint density at radius 3 is 1.64 bits per heavy atom. The fourth-order valence-corrected chi connectivity index (χ4v) is 5.73. The SMILES string of the molecule is CC1CCC(C2CCC(C3CC(C)C(O)C(F)C3)CC2)CC1. The van der Waals surface area contributed by atoms with Crippen molar-refractivity contribution in [2.24, 2.45) is 35.5 Å². The van der Waals surface area contributed by atoms with Crippen LogP contribution in [-0.4, -0.2) is 17.4 Å². The van der Waals surface area contributed by atoms with Gasteiger partial charge in [-0.2, -0.15) is 0 Å². The molecule has 3 aliphatic carbocycles. The van der Waals surface area contributed by atoms with Crippen molar-refractivity contribution in [1.82, 2.24) is 0 Å². The van der Waals surface area contributed by atoms with E-state index in [-0.39, 0.29) is 5.92 Å². The monoisotopic (exact) mass is 310 g/mol. The summed E-state index contributed by atoms with van der Waals surface area (Å²) >= 11 is 0. The Balaban J connectivity index is 1.47. The minimum absolute atomic E-state index is 0.145. The normalized spacial score (nSPS) is 50.7. The van der Waals surface area contributed by atoms with E-state index >= 15 is 0 Å². The highest BCUT2D eigenvalue weighted by Crippen LogP contribution is 2.46. The molecule has 4 unspecified atom stereocenters. The molecule has 1 nitrogen and oxygen atoms in total. The highest BCUT2D eigenvalue weighted by molar-refractivity contribution is 4.90. The zero-order valence-corrected chi connectivity index (χ0v) is 14.5. The van der Waals surface area contributed by atoms with Gasteiger partial charge in [-0.15, -0.1) is 0 Å². The van der Waals surface area contributed by atoms with Gasteiger partial charge in [0, 0.05) is 0 Å². The molecule has 0 radical (unpaired) electrons. The standard InChI is InChI=1S/C20H35FO/c1-13-3-5-15(6-4-13)16-7-9-17(10-8-16)18-11-14(2)20(22)19(21)12-18/h13-20,22H,3-12H2,1-2H3. The van der Waals surface area contributed by atoms with Gasteiger partial charge in [0.2, 0.25) is 0 Å². The molecule has 1 N–H and O–H groups in total. The molecule has 0 amide bonds. The van der Waals surface area contributed by atoms with Crippen molar-refractivity contribution in [3.05, 3.63) is 0 Å². The van der Waals surface area contributed by atoms with Crippen LogP contribution in [0.15, 0.2) is 0 Å². The van der Waals surface area contributed by atoms with Gasteiger partial charge in [-0.1, -0.05) is 26.7 Å². The lowest BCUT2D eigenvalue weighted by Crippen LogP contribution is -2.40. The van der Waals surface area contributed by atoms with Crippen LogP contribution in [0.1, 0.15) is 78.1 Å². The van der Waals surface area contributed by atoms with Crippen LogP contribution in [0.25, 0.3) is 0 Å². The third kappa shape index (κ3) is 3.68. The lowest BCUT2D eigenvalue weighted by Gasteiger charge is -2.42. The fraction of sp³-hybridized carbons (Fsp3) is 1.00. The fourth-order valence-electron chi connectivity index (χ4n) is 5.73. The third-order valence-electron chi connectivity index (χ3n) is 7.37. The predicted molar refractivity (Wildman–Crippen MR) is 89.4 cm³/mol. The molecule has 0 spiro atoms. The van der Waals surface area contributed by atoms with Gasteiger partial charge in [0.05, 0.1) is 6.10 Å². The number of hydrogen-bond donors (Lipinski definition) is 1. The first-order chi connectivity index (χ1) is 10.5. The largest absolute Gasteiger partial charge is 0.390 e. The molecule has 0 aliphatic heterocycles. The van der Waals surface area contributed by atoms with Crippen LogP contribution in [0, 0.1) is 35.5 Å². The summed E-state index contributed by atoms with van der Waals surface area (Å²) in [6.07, 6.45) is 11.1. The number of hydrogen-bond acceptors (Lipinski definition) is 1. The highest BCUT2D eigenvalue weighted by Gasteiger charge is 2.39. The zero-order chi connectivity index (χ0) is 15.7. The maximum atomic E-state index is 14.0. The summed E-state index contributed by atoms with van der Waals surface area (Å²) < 4.78 is 14.0. The zero-order valence-electron chi connectivity index (χ0n) is 14.5. The molecule has 3 fully saturated rings. The van der Waals surface area contributed by atoms with Gasteiger partial charge in [-0.3, -0.25) is 0 Å². The van der Waals surface area contributed by atoms with E-state index in [1.54, 1.807) is 0 Å². The van der Waals surface area contributed by atoms with Gasteiger partial charge in [0.1, 0.15) is 6.17 Å². The van der Waals surface area contributed by atoms with Crippen molar-refractivity contribution in [3.8, 4) is 0 Å². The number of alkyl halides is 1. The number of halogens is 1. The van der Waals surface area contributed by atoms with Gasteiger partial charge in [-0.25, -0.2) is 4.39 Å². The van der Waals surface area contributed by atoms with Gasteiger partial charge < -0.3 is 5.11 Å². The summed E-state index contributed by atoms with van der Waals surface area (Å²) in [5.74, 6) is 4.29. The second-order valence-electron chi connectivity index (χ2n) is 8.91. The minimum atomic E-state index is -0.980. The van der Waals surface area contributed by atoms with Crippen LogP contribution in [0.4, 0.5) is 4.39 Å². The first-order valence-electron chi connectivity index (χ1n) is 9.86. The van der Waals surface area contributed by atoms with E-state index in [0.717, 1.165) is 30.1 Å². The molecule has 0 aromatic rings. The van der Waals surface area contributed by atoms with Crippen LogP contribution < -0.4 is 0 Å². The molecular formula is C20H35FO. The van der Waals surface area contributed by atoms with E-state index in [4.69, 9.17) is 0 Å². The van der Waals surface area contributed by atoms with Crippen molar-refractivity contribution in [2.75, 3.05) is 0 Å². The summed E-state index contributed by atoms with van der Waals surface area (Å²) in [6.45, 7) is 4.43. The molecular weight excluding hydrogens is 275 g/mol. The average Bonchev–Trinajstić information content (AvgIpc) is 2.53. The summed E-state index contributed by atoms with van der Waals surface area (Å²) in [5.41, 5.74) is 0. The van der Waals surface area contributed by atoms with Crippen LogP contribution in [0.3, 0.4) is 0 Å². The molecule has 4 atom stereocenters. The third-order valence-corrected chi connectivity index (χ3v) is 7.37. The molecule has 3 rings (SSSR count). The molecule has 2 heteroatoms. The summed E-state index contributed by atoms with van der Waals surface area (Å²) in [4.78, 5) is 0. The number of aliphatic hydroxyl groups is 1. The molecule has 128 valence electrons. The van der Waals surface area contributed by atoms with E-state index in [9.17, 15) is 9.50 Å². The van der Waals surface area contributed by atoms with Crippen LogP contribution >= 0.6 is 0 Å². The van der Waals surface area contributed by atoms with Gasteiger partial charge in [0.25, 0.3) is 0 Å². The summed E-state index contributed by atoms with van der Waals surface area (Å²) in [7, 11) is 0. The first kappa shape index (κ1) is 16.7. The Morgan fingerprint density at radius 2 is 1.14 bits per heavy atom. The van der Waals surface area contributed by atoms with E-state index in [0.29, 0.717) is 12.3 Å². The minimum Gasteiger partial charge on any atom is -0.390 e. The van der Waals surface area contributed by atoms with Crippen molar-refractivity contribution in [2.45, 2.75) is 90.3 Å². The predicted octanol–water partition coefficient (Wildman–Crippen LogP) is 5.36. The van der Waals surface area contributed by atoms with Gasteiger partial charge in [-0.05, 0) is 86.9 Å². The molecule has 3 saturated carbocycles. The Morgan fingerprint density at radius 1 is 0.682 bits per heavy atom. The second-order valence-corrected chi connectivity index (χ2v) is 8.91. The second kappa shape index (κ2) is 7.20. The summed E-state index contributed by atoms with van der Waals surface area (Å²) in [5, 5.41) is 9.82. The van der Waals surface area contributed by atoms with E-state index in [1.165, 1.54) is 51.4 Å². The smallest absolute Gasteiger partial charge is 0.126 e. The Hall–Kier alpha value is -0.110. The lowest BCUT2D eigenvalue weighted by molar-refractivity contribution is -0.0322. The highest BCUT2D eigenvalue weighted by atomic mass is 19.1. The quantitative estimate of drug-likeness (QED) is 0.727. The van der Waals surface area contributed by atoms with E-state index < -0.39 is 12.3 Å². The average molecular weight is 310 g/mol. The topological polar surface area (TPSA) is 20.2 Å². The van der Waals surface area contributed by atoms with Gasteiger partial charge in [0.15, 0.2) is 0 Å². The maximum Gasteiger partial charge on any atom is 0.126 e. The van der Waals surface area contributed by atoms with Crippen LogP contribution in [0.2, 0.25) is 0 Å². The Bertz CT molecular complexity index is 330. The maximum absolute atomic E-state index is 14.0. The van der Waals surface area contributed by atoms with Crippen molar-refractivity contribution in [1.29, 1.82) is 0 Å². The Kier molecular flexibility index (Phi) is 5.47. The first-order valence-corrected chi connectivity index (χ1v) is 9.86. The molecule has 3 aliphatic rings. The Labute approximate surface area is 136 Å². The van der Waals surface area contributed by atoms with Gasteiger partial charge >= 0.3 is 0 Å². The summed E-state index contributed by atoms with van der Waals surface area (Å²) in [6, 6.07) is 0. The lowest BCUT2D eigenvalue weighted by atomic mass is 9.64. The van der Waals surface area contributed by atoms with Crippen LogP contribution in [0.5, 0.6) is 0 Å².